The minimum atomic E-state index is 0.298. The lowest BCUT2D eigenvalue weighted by molar-refractivity contribution is 0.745. The van der Waals surface area contributed by atoms with E-state index in [-0.39, 0.29) is 0 Å². The molecule has 1 aliphatic carbocycles. The van der Waals surface area contributed by atoms with Crippen LogP contribution >= 0.6 is 0 Å². The summed E-state index contributed by atoms with van der Waals surface area (Å²) in [6.07, 6.45) is 9.03. The van der Waals surface area contributed by atoms with E-state index in [0.29, 0.717) is 12.0 Å². The first-order chi connectivity index (χ1) is 21.3. The summed E-state index contributed by atoms with van der Waals surface area (Å²) in [4.78, 5) is 2.50. The standard InChI is InChI=1S/C42H31N/c1-2-12-30(13-3-1)31-14-8-15-32(26-31)33-16-9-17-34(27-33)35-18-10-19-36(28-35)37-20-11-21-38(29-37)43-41-24-6-4-22-39(41)40-23-5-7-25-42(40)43/h1-29,39,41H. The summed E-state index contributed by atoms with van der Waals surface area (Å²) in [7, 11) is 0. The van der Waals surface area contributed by atoms with Crippen LogP contribution in [0.4, 0.5) is 11.4 Å². The number of rotatable bonds is 5. The maximum atomic E-state index is 2.50. The van der Waals surface area contributed by atoms with E-state index in [2.05, 4.69) is 181 Å². The molecule has 2 unspecified atom stereocenters. The normalized spacial score (nSPS) is 16.6. The SMILES string of the molecule is C1=CC2c3ccccc3N(c3cccc(-c4cccc(-c5cccc(-c6cccc(-c7ccccc7)c6)c5)c4)c3)C2C=C1. The van der Waals surface area contributed by atoms with Gasteiger partial charge >= 0.3 is 0 Å². The second-order valence-electron chi connectivity index (χ2n) is 11.4. The molecule has 8 rings (SSSR count). The number of hydrogen-bond donors (Lipinski definition) is 0. The average molecular weight is 550 g/mol. The lowest BCUT2D eigenvalue weighted by Gasteiger charge is -2.29. The Bertz CT molecular complexity index is 2000. The fraction of sp³-hybridized carbons (Fsp3) is 0.0476. The van der Waals surface area contributed by atoms with Gasteiger partial charge in [-0.1, -0.05) is 140 Å². The quantitative estimate of drug-likeness (QED) is 0.207. The topological polar surface area (TPSA) is 3.24 Å². The van der Waals surface area contributed by atoms with E-state index in [1.54, 1.807) is 0 Å². The minimum Gasteiger partial charge on any atom is -0.333 e. The molecule has 0 bridgehead atoms. The molecule has 6 aromatic rings. The van der Waals surface area contributed by atoms with E-state index >= 15 is 0 Å². The summed E-state index contributed by atoms with van der Waals surface area (Å²) in [5.74, 6) is 0.383. The lowest BCUT2D eigenvalue weighted by atomic mass is 9.91. The number of para-hydroxylation sites is 1. The van der Waals surface area contributed by atoms with Crippen LogP contribution in [0.3, 0.4) is 0 Å². The first-order valence-corrected chi connectivity index (χ1v) is 15.0. The lowest BCUT2D eigenvalue weighted by Crippen LogP contribution is -2.28. The van der Waals surface area contributed by atoms with Gasteiger partial charge in [0.1, 0.15) is 0 Å². The van der Waals surface area contributed by atoms with Crippen molar-refractivity contribution in [3.8, 4) is 44.5 Å². The molecule has 0 aromatic heterocycles. The van der Waals surface area contributed by atoms with Gasteiger partial charge in [-0.15, -0.1) is 0 Å². The highest BCUT2D eigenvalue weighted by Crippen LogP contribution is 2.48. The molecule has 204 valence electrons. The van der Waals surface area contributed by atoms with Crippen molar-refractivity contribution in [1.82, 2.24) is 0 Å². The fourth-order valence-electron chi connectivity index (χ4n) is 6.69. The summed E-state index contributed by atoms with van der Waals surface area (Å²) < 4.78 is 0. The number of fused-ring (bicyclic) bond motifs is 3. The highest BCUT2D eigenvalue weighted by molar-refractivity contribution is 5.82. The van der Waals surface area contributed by atoms with Gasteiger partial charge in [0, 0.05) is 17.3 Å². The zero-order valence-corrected chi connectivity index (χ0v) is 23.8. The Kier molecular flexibility index (Phi) is 6.35. The largest absolute Gasteiger partial charge is 0.333 e. The van der Waals surface area contributed by atoms with Gasteiger partial charge in [0.15, 0.2) is 0 Å². The Hall–Kier alpha value is -5.40. The van der Waals surface area contributed by atoms with Crippen molar-refractivity contribution in [2.24, 2.45) is 0 Å². The van der Waals surface area contributed by atoms with Crippen molar-refractivity contribution in [1.29, 1.82) is 0 Å². The van der Waals surface area contributed by atoms with Crippen LogP contribution in [0.2, 0.25) is 0 Å². The highest BCUT2D eigenvalue weighted by Gasteiger charge is 2.36. The molecule has 2 aliphatic rings. The third-order valence-corrected chi connectivity index (χ3v) is 8.78. The van der Waals surface area contributed by atoms with Crippen molar-refractivity contribution in [3.63, 3.8) is 0 Å². The Morgan fingerprint density at radius 1 is 0.372 bits per heavy atom. The van der Waals surface area contributed by atoms with Crippen molar-refractivity contribution in [3.05, 3.63) is 182 Å². The smallest absolute Gasteiger partial charge is 0.0629 e. The van der Waals surface area contributed by atoms with Crippen molar-refractivity contribution >= 4 is 11.4 Å². The van der Waals surface area contributed by atoms with Crippen LogP contribution in [-0.4, -0.2) is 6.04 Å². The molecule has 0 spiro atoms. The summed E-state index contributed by atoms with van der Waals surface area (Å²) in [6.45, 7) is 0. The predicted octanol–water partition coefficient (Wildman–Crippen LogP) is 11.1. The molecule has 1 heterocycles. The third kappa shape index (κ3) is 4.70. The maximum Gasteiger partial charge on any atom is 0.0629 e. The van der Waals surface area contributed by atoms with E-state index in [4.69, 9.17) is 0 Å². The first kappa shape index (κ1) is 25.3. The van der Waals surface area contributed by atoms with E-state index in [0.717, 1.165) is 0 Å². The molecule has 2 atom stereocenters. The maximum absolute atomic E-state index is 2.50. The molecule has 0 N–H and O–H groups in total. The molecule has 0 saturated heterocycles. The third-order valence-electron chi connectivity index (χ3n) is 8.78. The summed E-state index contributed by atoms with van der Waals surface area (Å²) >= 11 is 0. The van der Waals surface area contributed by atoms with Gasteiger partial charge in [-0.3, -0.25) is 0 Å². The second-order valence-corrected chi connectivity index (χ2v) is 11.4. The van der Waals surface area contributed by atoms with Crippen LogP contribution in [-0.2, 0) is 0 Å². The van der Waals surface area contributed by atoms with Crippen molar-refractivity contribution < 1.29 is 0 Å². The Balaban J connectivity index is 1.12. The van der Waals surface area contributed by atoms with E-state index in [9.17, 15) is 0 Å². The summed E-state index contributed by atoms with van der Waals surface area (Å²) in [5.41, 5.74) is 13.7. The molecule has 1 aliphatic heterocycles. The fourth-order valence-corrected chi connectivity index (χ4v) is 6.69. The minimum absolute atomic E-state index is 0.298. The monoisotopic (exact) mass is 549 g/mol. The number of nitrogens with zero attached hydrogens (tertiary/aromatic N) is 1. The molecule has 1 heteroatoms. The zero-order chi connectivity index (χ0) is 28.6. The van der Waals surface area contributed by atoms with Crippen LogP contribution in [0.25, 0.3) is 44.5 Å². The Morgan fingerprint density at radius 2 is 0.837 bits per heavy atom. The molecule has 43 heavy (non-hydrogen) atoms. The van der Waals surface area contributed by atoms with Gasteiger partial charge in [-0.25, -0.2) is 0 Å². The molecular formula is C42H31N. The molecular weight excluding hydrogens is 518 g/mol. The van der Waals surface area contributed by atoms with Crippen LogP contribution < -0.4 is 4.90 Å². The van der Waals surface area contributed by atoms with Crippen LogP contribution in [0.5, 0.6) is 0 Å². The Morgan fingerprint density at radius 3 is 1.47 bits per heavy atom. The van der Waals surface area contributed by atoms with E-state index in [1.165, 1.54) is 61.4 Å². The molecule has 6 aromatic carbocycles. The van der Waals surface area contributed by atoms with E-state index < -0.39 is 0 Å². The van der Waals surface area contributed by atoms with Gasteiger partial charge in [0.05, 0.1) is 6.04 Å². The second kappa shape index (κ2) is 10.8. The number of allylic oxidation sites excluding steroid dienone is 2. The Labute approximate surface area is 253 Å². The molecule has 1 nitrogen and oxygen atoms in total. The van der Waals surface area contributed by atoms with Crippen LogP contribution in [0.1, 0.15) is 11.5 Å². The predicted molar refractivity (Wildman–Crippen MR) is 182 cm³/mol. The van der Waals surface area contributed by atoms with Crippen LogP contribution in [0.15, 0.2) is 176 Å². The average Bonchev–Trinajstić information content (AvgIpc) is 3.43. The number of anilines is 2. The first-order valence-electron chi connectivity index (χ1n) is 15.0. The van der Waals surface area contributed by atoms with Gasteiger partial charge < -0.3 is 4.90 Å². The van der Waals surface area contributed by atoms with Crippen molar-refractivity contribution in [2.75, 3.05) is 4.90 Å². The van der Waals surface area contributed by atoms with Gasteiger partial charge in [-0.2, -0.15) is 0 Å². The summed E-state index contributed by atoms with van der Waals surface area (Å²) in [5, 5.41) is 0. The van der Waals surface area contributed by atoms with E-state index in [1.807, 2.05) is 0 Å². The molecule has 0 radical (unpaired) electrons. The number of hydrogen-bond acceptors (Lipinski definition) is 1. The number of benzene rings is 6. The molecule has 0 amide bonds. The van der Waals surface area contributed by atoms with Crippen molar-refractivity contribution in [2.45, 2.75) is 12.0 Å². The van der Waals surface area contributed by atoms with Gasteiger partial charge in [0.25, 0.3) is 0 Å². The van der Waals surface area contributed by atoms with Gasteiger partial charge in [0.2, 0.25) is 0 Å². The van der Waals surface area contributed by atoms with Crippen LogP contribution in [0, 0.1) is 0 Å². The zero-order valence-electron chi connectivity index (χ0n) is 23.8. The molecule has 0 fully saturated rings. The highest BCUT2D eigenvalue weighted by atomic mass is 15.2. The summed E-state index contributed by atoms with van der Waals surface area (Å²) in [6, 6.07) is 55.4. The van der Waals surface area contributed by atoms with Gasteiger partial charge in [-0.05, 0) is 86.5 Å². The molecule has 0 saturated carbocycles.